The van der Waals surface area contributed by atoms with Crippen LogP contribution in [0, 0.1) is 0 Å². The Bertz CT molecular complexity index is 2160. The van der Waals surface area contributed by atoms with Gasteiger partial charge in [0.1, 0.15) is 34.9 Å². The number of piperazine rings is 1. The molecule has 0 spiro atoms. The van der Waals surface area contributed by atoms with E-state index in [1.807, 2.05) is 24.3 Å². The summed E-state index contributed by atoms with van der Waals surface area (Å²) in [5.41, 5.74) is 3.68. The third kappa shape index (κ3) is 6.47. The van der Waals surface area contributed by atoms with E-state index in [0.717, 1.165) is 97.4 Å². The Morgan fingerprint density at radius 2 is 1.37 bits per heavy atom. The van der Waals surface area contributed by atoms with Crippen molar-refractivity contribution in [1.82, 2.24) is 39.1 Å². The summed E-state index contributed by atoms with van der Waals surface area (Å²) in [4.78, 5) is 26.1. The fourth-order valence-corrected chi connectivity index (χ4v) is 8.42. The largest absolute Gasteiger partial charge is 0.367 e. The van der Waals surface area contributed by atoms with Gasteiger partial charge in [-0.2, -0.15) is 4.31 Å². The van der Waals surface area contributed by atoms with Crippen molar-refractivity contribution in [2.75, 3.05) is 37.8 Å². The summed E-state index contributed by atoms with van der Waals surface area (Å²) in [7, 11) is -3.08. The molecule has 0 atom stereocenters. The first kappa shape index (κ1) is 31.7. The molecule has 4 aromatic heterocycles. The molecule has 2 aliphatic rings. The maximum Gasteiger partial charge on any atom is 0.211 e. The van der Waals surface area contributed by atoms with E-state index in [4.69, 9.17) is 11.6 Å². The first-order valence-corrected chi connectivity index (χ1v) is 18.9. The maximum atomic E-state index is 11.7. The molecule has 15 heteroatoms. The number of benzene rings is 2. The summed E-state index contributed by atoms with van der Waals surface area (Å²) in [6.45, 7) is 2.86. The number of fused-ring (bicyclic) bond motifs is 6. The second kappa shape index (κ2) is 13.0. The quantitative estimate of drug-likeness (QED) is 0.168. The third-order valence-electron chi connectivity index (χ3n) is 8.95. The van der Waals surface area contributed by atoms with E-state index < -0.39 is 10.0 Å². The highest BCUT2D eigenvalue weighted by Crippen LogP contribution is 2.34. The summed E-state index contributed by atoms with van der Waals surface area (Å²) in [5.74, 6) is 0.888. The van der Waals surface area contributed by atoms with Gasteiger partial charge < -0.3 is 15.3 Å². The van der Waals surface area contributed by atoms with Crippen LogP contribution in [-0.2, 0) is 10.0 Å². The van der Waals surface area contributed by atoms with Gasteiger partial charge in [0, 0.05) is 69.0 Å². The van der Waals surface area contributed by atoms with Crippen molar-refractivity contribution in [1.29, 1.82) is 0 Å². The van der Waals surface area contributed by atoms with Crippen molar-refractivity contribution in [2.24, 2.45) is 0 Å². The molecule has 8 rings (SSSR count). The Balaban J connectivity index is 0.000000187. The van der Waals surface area contributed by atoms with Gasteiger partial charge in [-0.15, -0.1) is 0 Å². The number of hydrogen-bond donors (Lipinski definition) is 3. The molecule has 11 nitrogen and oxygen atoms in total. The zero-order valence-electron chi connectivity index (χ0n) is 25.0. The van der Waals surface area contributed by atoms with E-state index in [-0.39, 0.29) is 0 Å². The lowest BCUT2D eigenvalue weighted by molar-refractivity contribution is 0.109. The third-order valence-corrected chi connectivity index (χ3v) is 11.5. The Labute approximate surface area is 287 Å². The number of aromatic amines is 2. The highest BCUT2D eigenvalue weighted by atomic mass is 79.9. The molecular formula is C31H32Br2ClN9O2S. The second-order valence-electron chi connectivity index (χ2n) is 11.8. The molecule has 0 amide bonds. The Kier molecular flexibility index (Phi) is 8.94. The molecule has 2 aromatic carbocycles. The van der Waals surface area contributed by atoms with Crippen LogP contribution in [0.25, 0.3) is 43.9 Å². The molecular weight excluding hydrogens is 758 g/mol. The van der Waals surface area contributed by atoms with Crippen molar-refractivity contribution in [3.63, 3.8) is 0 Å². The van der Waals surface area contributed by atoms with Crippen molar-refractivity contribution >= 4 is 103 Å². The Morgan fingerprint density at radius 3 is 1.98 bits per heavy atom. The molecule has 2 fully saturated rings. The number of anilines is 1. The number of nitrogens with one attached hydrogen (secondary N) is 3. The fraction of sp³-hybridized carbons (Fsp3) is 0.355. The van der Waals surface area contributed by atoms with Crippen LogP contribution in [0.2, 0.25) is 5.15 Å². The van der Waals surface area contributed by atoms with Crippen LogP contribution < -0.4 is 5.32 Å². The molecule has 0 bridgehead atoms. The van der Waals surface area contributed by atoms with E-state index in [2.05, 4.69) is 84.1 Å². The van der Waals surface area contributed by atoms with Gasteiger partial charge in [-0.05, 0) is 62.1 Å². The molecule has 5 heterocycles. The van der Waals surface area contributed by atoms with Crippen molar-refractivity contribution in [3.05, 3.63) is 63.2 Å². The smallest absolute Gasteiger partial charge is 0.211 e. The maximum absolute atomic E-state index is 11.7. The fourth-order valence-electron chi connectivity index (χ4n) is 6.64. The van der Waals surface area contributed by atoms with Crippen LogP contribution in [0.1, 0.15) is 25.7 Å². The number of aromatic nitrogens is 6. The minimum atomic E-state index is -3.08. The molecule has 1 saturated carbocycles. The lowest BCUT2D eigenvalue weighted by Gasteiger charge is -2.41. The van der Waals surface area contributed by atoms with E-state index in [9.17, 15) is 8.42 Å². The van der Waals surface area contributed by atoms with Gasteiger partial charge in [0.25, 0.3) is 0 Å². The minimum Gasteiger partial charge on any atom is -0.367 e. The zero-order valence-corrected chi connectivity index (χ0v) is 29.7. The first-order valence-electron chi connectivity index (χ1n) is 15.1. The molecule has 6 aromatic rings. The van der Waals surface area contributed by atoms with Gasteiger partial charge in [-0.25, -0.2) is 28.4 Å². The normalized spacial score (nSPS) is 19.9. The SMILES string of the molecule is CS(=O)(=O)N1CCN(C2CCC(Nc3ncnc4[nH]c5ccc(Br)cc5c34)CC2)CC1.Clc1ncnc2[nH]c3ccc(Br)cc3c12. The van der Waals surface area contributed by atoms with E-state index in [1.54, 1.807) is 10.6 Å². The molecule has 1 saturated heterocycles. The summed E-state index contributed by atoms with van der Waals surface area (Å²) >= 11 is 13.0. The second-order valence-corrected chi connectivity index (χ2v) is 16.0. The van der Waals surface area contributed by atoms with Crippen molar-refractivity contribution < 1.29 is 8.42 Å². The standard InChI is InChI=1S/C21H27BrN6O2S.C10H5BrClN3/c1-31(29,30)28-10-8-27(9-11-28)16-5-3-15(4-6-16)25-20-19-17-12-14(22)2-7-18(17)26-21(19)24-13-23-20;11-5-1-2-7-6(3-5)8-9(12)13-4-14-10(8)15-7/h2,7,12-13,15-16H,3-6,8-11H2,1H3,(H2,23,24,25,26);1-4H,(H,13,14,15). The molecule has 1 aliphatic carbocycles. The van der Waals surface area contributed by atoms with E-state index in [0.29, 0.717) is 30.3 Å². The Hall–Kier alpha value is -2.88. The highest BCUT2D eigenvalue weighted by Gasteiger charge is 2.31. The number of H-pyrrole nitrogens is 2. The summed E-state index contributed by atoms with van der Waals surface area (Å²) in [6, 6.07) is 13.1. The highest BCUT2D eigenvalue weighted by molar-refractivity contribution is 9.10. The lowest BCUT2D eigenvalue weighted by Crippen LogP contribution is -2.52. The molecule has 240 valence electrons. The van der Waals surface area contributed by atoms with E-state index >= 15 is 0 Å². The zero-order chi connectivity index (χ0) is 32.0. The van der Waals surface area contributed by atoms with Crippen LogP contribution in [-0.4, -0.2) is 92.0 Å². The van der Waals surface area contributed by atoms with Crippen molar-refractivity contribution in [2.45, 2.75) is 37.8 Å². The minimum absolute atomic E-state index is 0.378. The summed E-state index contributed by atoms with van der Waals surface area (Å²) < 4.78 is 27.1. The lowest BCUT2D eigenvalue weighted by atomic mass is 9.89. The average Bonchev–Trinajstić information content (AvgIpc) is 3.60. The summed E-state index contributed by atoms with van der Waals surface area (Å²) in [6.07, 6.45) is 8.75. The van der Waals surface area contributed by atoms with E-state index in [1.165, 1.54) is 12.6 Å². The van der Waals surface area contributed by atoms with Gasteiger partial charge >= 0.3 is 0 Å². The molecule has 1 aliphatic heterocycles. The molecule has 0 unspecified atom stereocenters. The number of sulfonamides is 1. The van der Waals surface area contributed by atoms with Gasteiger partial charge in [0.05, 0.1) is 17.0 Å². The number of rotatable bonds is 4. The number of nitrogens with zero attached hydrogens (tertiary/aromatic N) is 6. The predicted molar refractivity (Wildman–Crippen MR) is 191 cm³/mol. The topological polar surface area (TPSA) is 136 Å². The summed E-state index contributed by atoms with van der Waals surface area (Å²) in [5, 5.41) is 8.21. The monoisotopic (exact) mass is 787 g/mol. The van der Waals surface area contributed by atoms with Crippen molar-refractivity contribution in [3.8, 4) is 0 Å². The van der Waals surface area contributed by atoms with Crippen LogP contribution in [0.15, 0.2) is 58.0 Å². The van der Waals surface area contributed by atoms with Gasteiger partial charge in [0.2, 0.25) is 10.0 Å². The number of halogens is 3. The molecule has 0 radical (unpaired) electrons. The molecule has 3 N–H and O–H groups in total. The van der Waals surface area contributed by atoms with Crippen LogP contribution in [0.5, 0.6) is 0 Å². The average molecular weight is 790 g/mol. The van der Waals surface area contributed by atoms with Gasteiger partial charge in [-0.1, -0.05) is 43.5 Å². The molecule has 46 heavy (non-hydrogen) atoms. The predicted octanol–water partition coefficient (Wildman–Crippen LogP) is 6.70. The van der Waals surface area contributed by atoms with Gasteiger partial charge in [0.15, 0.2) is 0 Å². The van der Waals surface area contributed by atoms with Gasteiger partial charge in [-0.3, -0.25) is 4.90 Å². The first-order chi connectivity index (χ1) is 22.1. The van der Waals surface area contributed by atoms with Crippen LogP contribution in [0.4, 0.5) is 5.82 Å². The van der Waals surface area contributed by atoms with Crippen LogP contribution >= 0.6 is 43.5 Å². The van der Waals surface area contributed by atoms with Crippen LogP contribution in [0.3, 0.4) is 0 Å². The Morgan fingerprint density at radius 1 is 0.804 bits per heavy atom. The number of hydrogen-bond acceptors (Lipinski definition) is 8.